The average molecular weight is 560 g/mol. The van der Waals surface area contributed by atoms with E-state index in [9.17, 15) is 19.5 Å². The number of nitrogens with one attached hydrogen (secondary N) is 1. The number of oxime groups is 1. The molecule has 37 heavy (non-hydrogen) atoms. The Morgan fingerprint density at radius 2 is 2.27 bits per heavy atom. The molecule has 4 heterocycles. The third-order valence-electron chi connectivity index (χ3n) is 5.04. The van der Waals surface area contributed by atoms with Crippen LogP contribution in [0.1, 0.15) is 17.1 Å². The molecule has 2 aliphatic heterocycles. The zero-order valence-corrected chi connectivity index (χ0v) is 21.8. The summed E-state index contributed by atoms with van der Waals surface area (Å²) in [5.74, 6) is -2.24. The van der Waals surface area contributed by atoms with E-state index in [4.69, 9.17) is 10.6 Å². The summed E-state index contributed by atoms with van der Waals surface area (Å²) < 4.78 is 3.98. The maximum Gasteiger partial charge on any atom is 0.353 e. The van der Waals surface area contributed by atoms with Crippen molar-refractivity contribution in [2.45, 2.75) is 18.3 Å². The molecule has 2 aliphatic rings. The lowest BCUT2D eigenvalue weighted by Crippen LogP contribution is -2.71. The number of rotatable bonds is 10. The van der Waals surface area contributed by atoms with Crippen LogP contribution >= 0.6 is 35.1 Å². The molecule has 1 fully saturated rings. The molecule has 0 bridgehead atoms. The van der Waals surface area contributed by atoms with Gasteiger partial charge in [0.25, 0.3) is 11.8 Å². The summed E-state index contributed by atoms with van der Waals surface area (Å²) in [4.78, 5) is 52.9. The minimum atomic E-state index is -1.22. The van der Waals surface area contributed by atoms with Gasteiger partial charge in [0.1, 0.15) is 23.7 Å². The number of nitrogens with zero attached hydrogens (tertiary/aromatic N) is 5. The molecule has 0 spiro atoms. The number of amides is 2. The van der Waals surface area contributed by atoms with Gasteiger partial charge in [0.05, 0.1) is 0 Å². The van der Waals surface area contributed by atoms with Crippen molar-refractivity contribution in [3.05, 3.63) is 64.1 Å². The summed E-state index contributed by atoms with van der Waals surface area (Å²) in [7, 11) is 0. The molecule has 2 aromatic rings. The van der Waals surface area contributed by atoms with Crippen molar-refractivity contribution in [3.8, 4) is 0 Å². The van der Waals surface area contributed by atoms with Crippen LogP contribution in [-0.4, -0.2) is 71.6 Å². The number of aliphatic carboxylic acids is 1. The number of aromatic nitrogens is 3. The molecule has 12 nitrogen and oxygen atoms in total. The van der Waals surface area contributed by atoms with E-state index in [2.05, 4.69) is 31.4 Å². The van der Waals surface area contributed by atoms with Crippen LogP contribution in [0, 0.1) is 6.92 Å². The number of nitrogen functional groups attached to an aromatic ring is 1. The lowest BCUT2D eigenvalue weighted by atomic mass is 10.0. The third kappa shape index (κ3) is 5.84. The summed E-state index contributed by atoms with van der Waals surface area (Å²) in [6, 6.07) is 2.81. The topological polar surface area (TPSA) is 173 Å². The Labute approximate surface area is 223 Å². The zero-order valence-electron chi connectivity index (χ0n) is 19.4. The van der Waals surface area contributed by atoms with Gasteiger partial charge in [-0.25, -0.2) is 4.79 Å². The molecular formula is C22H21N7O5S3. The smallest absolute Gasteiger partial charge is 0.353 e. The highest BCUT2D eigenvalue weighted by molar-refractivity contribution is 8.08. The van der Waals surface area contributed by atoms with E-state index in [1.807, 2.05) is 25.1 Å². The minimum Gasteiger partial charge on any atom is -0.477 e. The van der Waals surface area contributed by atoms with Gasteiger partial charge in [-0.05, 0) is 30.0 Å². The monoisotopic (exact) mass is 559 g/mol. The van der Waals surface area contributed by atoms with Crippen molar-refractivity contribution in [2.75, 3.05) is 18.1 Å². The highest BCUT2D eigenvalue weighted by Crippen LogP contribution is 2.43. The fourth-order valence-corrected chi connectivity index (χ4v) is 6.12. The Bertz CT molecular complexity index is 1320. The molecule has 15 heteroatoms. The molecular weight excluding hydrogens is 538 g/mol. The molecule has 4 N–H and O–H groups in total. The second kappa shape index (κ2) is 11.6. The van der Waals surface area contributed by atoms with Crippen molar-refractivity contribution in [2.24, 2.45) is 5.16 Å². The number of carboxylic acids is 1. The van der Waals surface area contributed by atoms with Crippen molar-refractivity contribution in [1.29, 1.82) is 0 Å². The molecule has 1 unspecified atom stereocenters. The van der Waals surface area contributed by atoms with Crippen LogP contribution in [0.15, 0.2) is 52.2 Å². The second-order valence-electron chi connectivity index (χ2n) is 7.57. The highest BCUT2D eigenvalue weighted by Gasteiger charge is 2.54. The van der Waals surface area contributed by atoms with E-state index < -0.39 is 29.2 Å². The Morgan fingerprint density at radius 1 is 1.46 bits per heavy atom. The van der Waals surface area contributed by atoms with Gasteiger partial charge in [-0.1, -0.05) is 35.6 Å². The predicted octanol–water partition coefficient (Wildman–Crippen LogP) is 1.83. The van der Waals surface area contributed by atoms with E-state index in [0.29, 0.717) is 10.7 Å². The van der Waals surface area contributed by atoms with E-state index in [-0.39, 0.29) is 29.0 Å². The normalized spacial score (nSPS) is 19.4. The number of pyridine rings is 1. The lowest BCUT2D eigenvalue weighted by molar-refractivity contribution is -0.150. The number of carbonyl (C=O) groups is 3. The van der Waals surface area contributed by atoms with Crippen LogP contribution in [0.25, 0.3) is 6.08 Å². The summed E-state index contributed by atoms with van der Waals surface area (Å²) >= 11 is 3.44. The summed E-state index contributed by atoms with van der Waals surface area (Å²) in [5.41, 5.74) is 7.01. The summed E-state index contributed by atoms with van der Waals surface area (Å²) in [6.45, 7) is 5.43. The van der Waals surface area contributed by atoms with Gasteiger partial charge in [-0.2, -0.15) is 9.36 Å². The SMILES string of the molecule is C=CCO/N=C(\C(=O)NC1C(=O)N2C(C(=O)O)=C(S/C=C\c3ccc(C)nc3)CS[C@H]12)c1nsc(N)n1. The Hall–Kier alpha value is -3.69. The summed E-state index contributed by atoms with van der Waals surface area (Å²) in [5, 5.41) is 17.5. The third-order valence-corrected chi connectivity index (χ3v) is 7.94. The van der Waals surface area contributed by atoms with Crippen LogP contribution in [0.5, 0.6) is 0 Å². The second-order valence-corrected chi connectivity index (χ2v) is 10.5. The number of aryl methyl sites for hydroxylation is 1. The average Bonchev–Trinajstić information content (AvgIpc) is 3.31. The first-order chi connectivity index (χ1) is 17.8. The Kier molecular flexibility index (Phi) is 8.25. The van der Waals surface area contributed by atoms with Crippen molar-refractivity contribution in [3.63, 3.8) is 0 Å². The van der Waals surface area contributed by atoms with Crippen LogP contribution < -0.4 is 11.1 Å². The molecule has 0 radical (unpaired) electrons. The van der Waals surface area contributed by atoms with E-state index >= 15 is 0 Å². The van der Waals surface area contributed by atoms with Crippen LogP contribution in [0.3, 0.4) is 0 Å². The molecule has 0 saturated carbocycles. The molecule has 192 valence electrons. The number of fused-ring (bicyclic) bond motifs is 1. The van der Waals surface area contributed by atoms with Gasteiger partial charge in [0, 0.05) is 34.1 Å². The number of thioether (sulfide) groups is 2. The Balaban J connectivity index is 1.48. The zero-order chi connectivity index (χ0) is 26.5. The number of nitrogens with two attached hydrogens (primary N) is 1. The van der Waals surface area contributed by atoms with Gasteiger partial charge < -0.3 is 21.0 Å². The van der Waals surface area contributed by atoms with Crippen LogP contribution in [-0.2, 0) is 19.2 Å². The molecule has 2 atom stereocenters. The fourth-order valence-electron chi connectivity index (χ4n) is 3.33. The van der Waals surface area contributed by atoms with E-state index in [1.165, 1.54) is 34.5 Å². The molecule has 0 aliphatic carbocycles. The minimum absolute atomic E-state index is 0.0348. The van der Waals surface area contributed by atoms with Gasteiger partial charge >= 0.3 is 5.97 Å². The fraction of sp³-hybridized carbons (Fsp3) is 0.227. The number of carboxylic acid groups (broad SMARTS) is 1. The van der Waals surface area contributed by atoms with Crippen molar-refractivity contribution >= 4 is 69.8 Å². The van der Waals surface area contributed by atoms with E-state index in [0.717, 1.165) is 22.8 Å². The number of carbonyl (C=O) groups excluding carboxylic acids is 2. The highest BCUT2D eigenvalue weighted by atomic mass is 32.2. The van der Waals surface area contributed by atoms with Gasteiger partial charge in [-0.3, -0.25) is 19.5 Å². The molecule has 4 rings (SSSR count). The number of anilines is 1. The first kappa shape index (κ1) is 26.4. The number of β-lactam (4-membered cyclic amide) rings is 1. The van der Waals surface area contributed by atoms with Crippen LogP contribution in [0.4, 0.5) is 5.13 Å². The standard InChI is InChI=1S/C22H21N7O5S3/c1-3-7-34-27-14(17-26-22(23)37-28-17)18(30)25-15-19(31)29-16(21(32)33)13(10-36-20(15)29)35-8-6-12-5-4-11(2)24-9-12/h3-6,8-9,15,20H,1,7,10H2,2H3,(H,25,30)(H,32,33)(H2,23,26,28)/b8-6-,27-14-/t15?,20-/m1/s1. The van der Waals surface area contributed by atoms with Gasteiger partial charge in [0.2, 0.25) is 11.5 Å². The predicted molar refractivity (Wildman–Crippen MR) is 142 cm³/mol. The van der Waals surface area contributed by atoms with Crippen molar-refractivity contribution in [1.82, 2.24) is 24.6 Å². The van der Waals surface area contributed by atoms with E-state index in [1.54, 1.807) is 11.6 Å². The van der Waals surface area contributed by atoms with Gasteiger partial charge in [-0.15, -0.1) is 11.8 Å². The molecule has 1 saturated heterocycles. The van der Waals surface area contributed by atoms with Gasteiger partial charge in [0.15, 0.2) is 5.13 Å². The number of hydrogen-bond acceptors (Lipinski definition) is 12. The first-order valence-corrected chi connectivity index (χ1v) is 13.4. The lowest BCUT2D eigenvalue weighted by Gasteiger charge is -2.49. The van der Waals surface area contributed by atoms with Crippen LogP contribution in [0.2, 0.25) is 0 Å². The number of hydrogen-bond donors (Lipinski definition) is 3. The maximum atomic E-state index is 13.0. The quantitative estimate of drug-likeness (QED) is 0.127. The molecule has 2 aromatic heterocycles. The Morgan fingerprint density at radius 3 is 2.92 bits per heavy atom. The molecule has 2 amide bonds. The first-order valence-electron chi connectivity index (χ1n) is 10.7. The largest absolute Gasteiger partial charge is 0.477 e. The summed E-state index contributed by atoms with van der Waals surface area (Å²) in [6.07, 6.45) is 4.97. The molecule has 0 aromatic carbocycles. The maximum absolute atomic E-state index is 13.0. The van der Waals surface area contributed by atoms with Crippen molar-refractivity contribution < 1.29 is 24.3 Å².